The zero-order chi connectivity index (χ0) is 8.97. The minimum absolute atomic E-state index is 0.273. The van der Waals surface area contributed by atoms with Gasteiger partial charge in [0.2, 0.25) is 0 Å². The first-order valence-corrected chi connectivity index (χ1v) is 4.85. The van der Waals surface area contributed by atoms with E-state index in [0.29, 0.717) is 6.42 Å². The Labute approximate surface area is 79.4 Å². The Morgan fingerprint density at radius 3 is 2.42 bits per heavy atom. The third kappa shape index (κ3) is 2.57. The van der Waals surface area contributed by atoms with Crippen molar-refractivity contribution in [1.82, 2.24) is 0 Å². The number of rotatable bonds is 3. The van der Waals surface area contributed by atoms with Crippen LogP contribution in [0.1, 0.15) is 18.1 Å². The molecule has 0 spiro atoms. The molecule has 1 unspecified atom stereocenters. The van der Waals surface area contributed by atoms with Crippen molar-refractivity contribution in [1.29, 1.82) is 0 Å². The second-order valence-electron chi connectivity index (χ2n) is 2.55. The highest BCUT2D eigenvalue weighted by Crippen LogP contribution is 2.17. The normalized spacial score (nSPS) is 12.9. The van der Waals surface area contributed by atoms with E-state index in [9.17, 15) is 9.50 Å². The lowest BCUT2D eigenvalue weighted by Gasteiger charge is -2.07. The molecule has 1 nitrogen and oxygen atoms in total. The topological polar surface area (TPSA) is 20.2 Å². The van der Waals surface area contributed by atoms with Crippen molar-refractivity contribution in [3.63, 3.8) is 0 Å². The third-order valence-electron chi connectivity index (χ3n) is 1.64. The smallest absolute Gasteiger partial charge is 0.123 e. The molecule has 3 heteroatoms. The lowest BCUT2D eigenvalue weighted by Crippen LogP contribution is -1.97. The van der Waals surface area contributed by atoms with E-state index in [0.717, 1.165) is 10.9 Å². The second-order valence-corrected chi connectivity index (χ2v) is 3.34. The molecule has 0 heterocycles. The van der Waals surface area contributed by atoms with E-state index < -0.39 is 6.10 Å². The first-order valence-electron chi connectivity index (χ1n) is 3.73. The molecule has 0 aromatic heterocycles. The fraction of sp³-hybridized carbons (Fsp3) is 0.333. The molecule has 1 rings (SSSR count). The summed E-state index contributed by atoms with van der Waals surface area (Å²) in [7, 11) is 0. The second kappa shape index (κ2) is 4.58. The van der Waals surface area contributed by atoms with E-state index >= 15 is 0 Å². The summed E-state index contributed by atoms with van der Waals surface area (Å²) in [6, 6.07) is 5.91. The lowest BCUT2D eigenvalue weighted by atomic mass is 10.1. The zero-order valence-corrected chi connectivity index (χ0v) is 8.09. The SMILES string of the molecule is OC(CCBr)c1ccc(F)cc1. The van der Waals surface area contributed by atoms with Gasteiger partial charge < -0.3 is 5.11 Å². The summed E-state index contributed by atoms with van der Waals surface area (Å²) in [4.78, 5) is 0. The van der Waals surface area contributed by atoms with Gasteiger partial charge in [0.15, 0.2) is 0 Å². The molecule has 1 aromatic rings. The number of halogens is 2. The van der Waals surface area contributed by atoms with Gasteiger partial charge in [0, 0.05) is 5.33 Å². The maximum absolute atomic E-state index is 12.4. The number of hydrogen-bond acceptors (Lipinski definition) is 1. The molecule has 0 amide bonds. The molecule has 1 N–H and O–H groups in total. The first kappa shape index (κ1) is 9.68. The summed E-state index contributed by atoms with van der Waals surface area (Å²) in [5.74, 6) is -0.273. The van der Waals surface area contributed by atoms with Crippen LogP contribution in [0.15, 0.2) is 24.3 Å². The summed E-state index contributed by atoms with van der Waals surface area (Å²) in [5, 5.41) is 10.2. The van der Waals surface area contributed by atoms with E-state index in [-0.39, 0.29) is 5.82 Å². The molecular formula is C9H10BrFO. The van der Waals surface area contributed by atoms with Crippen LogP contribution < -0.4 is 0 Å². The molecule has 0 saturated carbocycles. The summed E-state index contributed by atoms with van der Waals surface area (Å²) >= 11 is 3.23. The number of alkyl halides is 1. The number of benzene rings is 1. The largest absolute Gasteiger partial charge is 0.388 e. The van der Waals surface area contributed by atoms with Crippen LogP contribution in [0.3, 0.4) is 0 Å². The van der Waals surface area contributed by atoms with Crippen LogP contribution in [-0.2, 0) is 0 Å². The molecule has 1 atom stereocenters. The standard InChI is InChI=1S/C9H10BrFO/c10-6-5-9(12)7-1-3-8(11)4-2-7/h1-4,9,12H,5-6H2. The van der Waals surface area contributed by atoms with Crippen LogP contribution in [0.5, 0.6) is 0 Å². The Hall–Kier alpha value is -0.410. The van der Waals surface area contributed by atoms with E-state index in [2.05, 4.69) is 15.9 Å². The van der Waals surface area contributed by atoms with Gasteiger partial charge in [0.05, 0.1) is 6.10 Å². The van der Waals surface area contributed by atoms with Gasteiger partial charge in [0.1, 0.15) is 5.82 Å². The summed E-state index contributed by atoms with van der Waals surface area (Å²) in [6.45, 7) is 0. The maximum atomic E-state index is 12.4. The van der Waals surface area contributed by atoms with Gasteiger partial charge in [-0.1, -0.05) is 28.1 Å². The van der Waals surface area contributed by atoms with Crippen molar-refractivity contribution in [3.8, 4) is 0 Å². The monoisotopic (exact) mass is 232 g/mol. The van der Waals surface area contributed by atoms with Crippen LogP contribution >= 0.6 is 15.9 Å². The van der Waals surface area contributed by atoms with Crippen LogP contribution in [0, 0.1) is 5.82 Å². The van der Waals surface area contributed by atoms with Gasteiger partial charge >= 0.3 is 0 Å². The Morgan fingerprint density at radius 2 is 1.92 bits per heavy atom. The first-order chi connectivity index (χ1) is 5.74. The van der Waals surface area contributed by atoms with E-state index in [1.54, 1.807) is 12.1 Å². The molecule has 0 bridgehead atoms. The van der Waals surface area contributed by atoms with Gasteiger partial charge in [-0.05, 0) is 24.1 Å². The predicted octanol–water partition coefficient (Wildman–Crippen LogP) is 2.64. The number of aliphatic hydroxyl groups excluding tert-OH is 1. The summed E-state index contributed by atoms with van der Waals surface area (Å²) < 4.78 is 12.4. The molecule has 0 aliphatic heterocycles. The van der Waals surface area contributed by atoms with Crippen molar-refractivity contribution in [2.45, 2.75) is 12.5 Å². The van der Waals surface area contributed by atoms with Crippen LogP contribution in [0.4, 0.5) is 4.39 Å². The average molecular weight is 233 g/mol. The van der Waals surface area contributed by atoms with Crippen LogP contribution in [0.25, 0.3) is 0 Å². The minimum atomic E-state index is -0.495. The Balaban J connectivity index is 2.68. The average Bonchev–Trinajstić information content (AvgIpc) is 2.06. The Morgan fingerprint density at radius 1 is 1.33 bits per heavy atom. The molecule has 0 fully saturated rings. The number of aliphatic hydroxyl groups is 1. The van der Waals surface area contributed by atoms with Gasteiger partial charge in [-0.25, -0.2) is 4.39 Å². The van der Waals surface area contributed by atoms with Crippen molar-refractivity contribution in [2.75, 3.05) is 5.33 Å². The zero-order valence-electron chi connectivity index (χ0n) is 6.50. The molecule has 0 aliphatic rings. The Kier molecular flexibility index (Phi) is 3.69. The predicted molar refractivity (Wildman–Crippen MR) is 49.8 cm³/mol. The summed E-state index contributed by atoms with van der Waals surface area (Å²) in [5.41, 5.74) is 0.760. The van der Waals surface area contributed by atoms with Crippen molar-refractivity contribution in [3.05, 3.63) is 35.6 Å². The highest BCUT2D eigenvalue weighted by atomic mass is 79.9. The van der Waals surface area contributed by atoms with Gasteiger partial charge in [-0.2, -0.15) is 0 Å². The van der Waals surface area contributed by atoms with Crippen LogP contribution in [-0.4, -0.2) is 10.4 Å². The highest BCUT2D eigenvalue weighted by molar-refractivity contribution is 9.09. The molecule has 12 heavy (non-hydrogen) atoms. The molecule has 0 radical (unpaired) electrons. The van der Waals surface area contributed by atoms with Crippen LogP contribution in [0.2, 0.25) is 0 Å². The molecule has 0 aliphatic carbocycles. The maximum Gasteiger partial charge on any atom is 0.123 e. The van der Waals surface area contributed by atoms with Crippen molar-refractivity contribution >= 4 is 15.9 Å². The molecule has 0 saturated heterocycles. The molecule has 1 aromatic carbocycles. The van der Waals surface area contributed by atoms with Gasteiger partial charge in [0.25, 0.3) is 0 Å². The fourth-order valence-electron chi connectivity index (χ4n) is 0.955. The van der Waals surface area contributed by atoms with E-state index in [4.69, 9.17) is 0 Å². The minimum Gasteiger partial charge on any atom is -0.388 e. The molecular weight excluding hydrogens is 223 g/mol. The van der Waals surface area contributed by atoms with Gasteiger partial charge in [-0.15, -0.1) is 0 Å². The molecule has 66 valence electrons. The third-order valence-corrected chi connectivity index (χ3v) is 2.10. The van der Waals surface area contributed by atoms with E-state index in [1.807, 2.05) is 0 Å². The highest BCUT2D eigenvalue weighted by Gasteiger charge is 2.05. The Bertz CT molecular complexity index is 235. The fourth-order valence-corrected chi connectivity index (χ4v) is 1.39. The van der Waals surface area contributed by atoms with E-state index in [1.165, 1.54) is 12.1 Å². The summed E-state index contributed by atoms with van der Waals surface area (Å²) in [6.07, 6.45) is 0.149. The lowest BCUT2D eigenvalue weighted by molar-refractivity contribution is 0.175. The van der Waals surface area contributed by atoms with Gasteiger partial charge in [-0.3, -0.25) is 0 Å². The quantitative estimate of drug-likeness (QED) is 0.795. The van der Waals surface area contributed by atoms with Crippen molar-refractivity contribution in [2.24, 2.45) is 0 Å². The van der Waals surface area contributed by atoms with Crippen molar-refractivity contribution < 1.29 is 9.50 Å². The number of hydrogen-bond donors (Lipinski definition) is 1.